The summed E-state index contributed by atoms with van der Waals surface area (Å²) in [4.78, 5) is 4.73. The van der Waals surface area contributed by atoms with Gasteiger partial charge in [-0.15, -0.1) is 0 Å². The van der Waals surface area contributed by atoms with Crippen LogP contribution in [0.1, 0.15) is 22.3 Å². The lowest BCUT2D eigenvalue weighted by atomic mass is 9.66. The number of para-hydroxylation sites is 5. The molecular weight excluding hydrogens is 721 g/mol. The fourth-order valence-corrected chi connectivity index (χ4v) is 9.72. The van der Waals surface area contributed by atoms with Crippen LogP contribution in [0, 0.1) is 0 Å². The SMILES string of the molecule is c1ccc(N(c2ccccc2)c2cccc(N(c3ccc4c(c3)C3(c5ccccc5Oc5ccccc53)c3ccccc3-4)c3cccc4oc5ccccc5c34)c2)cc1. The molecule has 9 aromatic carbocycles. The van der Waals surface area contributed by atoms with Gasteiger partial charge in [-0.2, -0.15) is 0 Å². The first-order valence-corrected chi connectivity index (χ1v) is 20.1. The first-order chi connectivity index (χ1) is 29.3. The van der Waals surface area contributed by atoms with Crippen molar-refractivity contribution in [3.05, 3.63) is 241 Å². The van der Waals surface area contributed by atoms with Crippen LogP contribution in [-0.4, -0.2) is 0 Å². The van der Waals surface area contributed by atoms with Gasteiger partial charge < -0.3 is 19.0 Å². The zero-order valence-corrected chi connectivity index (χ0v) is 32.0. The number of nitrogens with zero attached hydrogens (tertiary/aromatic N) is 2. The third kappa shape index (κ3) is 4.96. The minimum atomic E-state index is -0.605. The molecule has 0 amide bonds. The minimum Gasteiger partial charge on any atom is -0.457 e. The zero-order valence-electron chi connectivity index (χ0n) is 32.0. The van der Waals surface area contributed by atoms with Gasteiger partial charge in [-0.05, 0) is 107 Å². The molecule has 59 heavy (non-hydrogen) atoms. The molecule has 10 aromatic rings. The maximum Gasteiger partial charge on any atom is 0.137 e. The normalized spacial score (nSPS) is 13.0. The molecule has 2 aliphatic rings. The van der Waals surface area contributed by atoms with Gasteiger partial charge in [0.15, 0.2) is 0 Å². The largest absolute Gasteiger partial charge is 0.457 e. The molecule has 1 aromatic heterocycles. The zero-order chi connectivity index (χ0) is 38.9. The van der Waals surface area contributed by atoms with Gasteiger partial charge in [0.25, 0.3) is 0 Å². The van der Waals surface area contributed by atoms with Crippen LogP contribution in [-0.2, 0) is 5.41 Å². The van der Waals surface area contributed by atoms with Gasteiger partial charge in [0.1, 0.15) is 22.7 Å². The Balaban J connectivity index is 1.14. The Morgan fingerprint density at radius 3 is 1.59 bits per heavy atom. The lowest BCUT2D eigenvalue weighted by Gasteiger charge is -2.39. The lowest BCUT2D eigenvalue weighted by Crippen LogP contribution is -2.32. The van der Waals surface area contributed by atoms with E-state index < -0.39 is 5.41 Å². The predicted molar refractivity (Wildman–Crippen MR) is 240 cm³/mol. The van der Waals surface area contributed by atoms with Crippen LogP contribution in [0.3, 0.4) is 0 Å². The van der Waals surface area contributed by atoms with Gasteiger partial charge in [0.05, 0.1) is 16.5 Å². The van der Waals surface area contributed by atoms with Crippen molar-refractivity contribution in [3.8, 4) is 22.6 Å². The summed E-state index contributed by atoms with van der Waals surface area (Å²) < 4.78 is 13.2. The Morgan fingerprint density at radius 1 is 0.339 bits per heavy atom. The molecule has 0 atom stereocenters. The Hall–Kier alpha value is -7.82. The average Bonchev–Trinajstić information content (AvgIpc) is 3.82. The van der Waals surface area contributed by atoms with E-state index in [9.17, 15) is 0 Å². The summed E-state index contributed by atoms with van der Waals surface area (Å²) in [5.41, 5.74) is 14.6. The van der Waals surface area contributed by atoms with Gasteiger partial charge in [-0.3, -0.25) is 0 Å². The standard InChI is InChI=1S/C55H36N2O2/c1-3-17-37(18-4-1)56(38-19-5-2-6-20-38)39-21-15-22-40(35-39)57(49-28-16-32-53-54(49)44-24-8-12-29-50(44)58-53)41-33-34-43-42-23-7-9-25-45(42)55(48(43)36-41)46-26-10-13-30-51(46)59-52-31-14-11-27-47(52)55/h1-36H. The molecule has 4 heteroatoms. The molecule has 12 rings (SSSR count). The molecule has 0 saturated heterocycles. The highest BCUT2D eigenvalue weighted by Crippen LogP contribution is 2.62. The molecule has 278 valence electrons. The van der Waals surface area contributed by atoms with Crippen molar-refractivity contribution in [2.45, 2.75) is 5.41 Å². The van der Waals surface area contributed by atoms with Gasteiger partial charge in [0.2, 0.25) is 0 Å². The Kier molecular flexibility index (Phi) is 7.41. The molecule has 1 aliphatic heterocycles. The molecular formula is C55H36N2O2. The van der Waals surface area contributed by atoms with Crippen LogP contribution in [0.4, 0.5) is 34.1 Å². The van der Waals surface area contributed by atoms with E-state index in [-0.39, 0.29) is 0 Å². The molecule has 0 fully saturated rings. The van der Waals surface area contributed by atoms with E-state index in [0.29, 0.717) is 0 Å². The molecule has 0 bridgehead atoms. The highest BCUT2D eigenvalue weighted by Gasteiger charge is 2.51. The minimum absolute atomic E-state index is 0.605. The van der Waals surface area contributed by atoms with Gasteiger partial charge in [-0.25, -0.2) is 0 Å². The number of ether oxygens (including phenoxy) is 1. The Labute approximate surface area is 342 Å². The maximum absolute atomic E-state index is 6.67. The maximum atomic E-state index is 6.67. The molecule has 1 spiro atoms. The Bertz CT molecular complexity index is 3140. The topological polar surface area (TPSA) is 28.9 Å². The van der Waals surface area contributed by atoms with Crippen molar-refractivity contribution in [1.82, 2.24) is 0 Å². The summed E-state index contributed by atoms with van der Waals surface area (Å²) in [6, 6.07) is 77.8. The number of hydrogen-bond donors (Lipinski definition) is 0. The van der Waals surface area contributed by atoms with Gasteiger partial charge in [-0.1, -0.05) is 133 Å². The molecule has 0 N–H and O–H groups in total. The van der Waals surface area contributed by atoms with Crippen molar-refractivity contribution in [1.29, 1.82) is 0 Å². The van der Waals surface area contributed by atoms with E-state index in [1.54, 1.807) is 0 Å². The smallest absolute Gasteiger partial charge is 0.137 e. The van der Waals surface area contributed by atoms with Crippen LogP contribution < -0.4 is 14.5 Å². The summed E-state index contributed by atoms with van der Waals surface area (Å²) in [6.45, 7) is 0. The molecule has 0 unspecified atom stereocenters. The van der Waals surface area contributed by atoms with Crippen LogP contribution in [0.5, 0.6) is 11.5 Å². The van der Waals surface area contributed by atoms with E-state index in [4.69, 9.17) is 9.15 Å². The van der Waals surface area contributed by atoms with Crippen molar-refractivity contribution in [3.63, 3.8) is 0 Å². The highest BCUT2D eigenvalue weighted by atomic mass is 16.5. The quantitative estimate of drug-likeness (QED) is 0.169. The molecule has 4 nitrogen and oxygen atoms in total. The van der Waals surface area contributed by atoms with Gasteiger partial charge >= 0.3 is 0 Å². The monoisotopic (exact) mass is 756 g/mol. The first-order valence-electron chi connectivity index (χ1n) is 20.1. The number of hydrogen-bond acceptors (Lipinski definition) is 4. The average molecular weight is 757 g/mol. The lowest BCUT2D eigenvalue weighted by molar-refractivity contribution is 0.436. The third-order valence-electron chi connectivity index (χ3n) is 12.1. The van der Waals surface area contributed by atoms with Crippen LogP contribution in [0.15, 0.2) is 223 Å². The summed E-state index contributed by atoms with van der Waals surface area (Å²) in [6.07, 6.45) is 0. The predicted octanol–water partition coefficient (Wildman–Crippen LogP) is 15.0. The van der Waals surface area contributed by atoms with Crippen molar-refractivity contribution in [2.24, 2.45) is 0 Å². The van der Waals surface area contributed by atoms with Gasteiger partial charge in [0, 0.05) is 45.0 Å². The second kappa shape index (κ2) is 13.1. The molecule has 1 aliphatic carbocycles. The summed E-state index contributed by atoms with van der Waals surface area (Å²) >= 11 is 0. The fraction of sp³-hybridized carbons (Fsp3) is 0.0182. The number of anilines is 6. The van der Waals surface area contributed by atoms with Crippen molar-refractivity contribution in [2.75, 3.05) is 9.80 Å². The number of rotatable bonds is 6. The van der Waals surface area contributed by atoms with E-state index in [1.807, 2.05) is 6.07 Å². The molecule has 0 radical (unpaired) electrons. The summed E-state index contributed by atoms with van der Waals surface area (Å²) in [5.74, 6) is 1.75. The number of furan rings is 1. The molecule has 0 saturated carbocycles. The summed E-state index contributed by atoms with van der Waals surface area (Å²) in [7, 11) is 0. The first kappa shape index (κ1) is 33.3. The Morgan fingerprint density at radius 2 is 0.864 bits per heavy atom. The summed E-state index contributed by atoms with van der Waals surface area (Å²) in [5, 5.41) is 2.14. The van der Waals surface area contributed by atoms with Crippen molar-refractivity contribution >= 4 is 56.1 Å². The van der Waals surface area contributed by atoms with Crippen molar-refractivity contribution < 1.29 is 9.15 Å². The third-order valence-corrected chi connectivity index (χ3v) is 12.1. The van der Waals surface area contributed by atoms with Crippen LogP contribution in [0.25, 0.3) is 33.1 Å². The second-order valence-corrected chi connectivity index (χ2v) is 15.2. The fourth-order valence-electron chi connectivity index (χ4n) is 9.72. The highest BCUT2D eigenvalue weighted by molar-refractivity contribution is 6.13. The van der Waals surface area contributed by atoms with Crippen LogP contribution in [0.2, 0.25) is 0 Å². The second-order valence-electron chi connectivity index (χ2n) is 15.2. The number of benzene rings is 9. The molecule has 2 heterocycles. The van der Waals surface area contributed by atoms with E-state index in [2.05, 4.69) is 222 Å². The van der Waals surface area contributed by atoms with Crippen LogP contribution >= 0.6 is 0 Å². The number of fused-ring (bicyclic) bond motifs is 12. The van der Waals surface area contributed by atoms with E-state index >= 15 is 0 Å². The van der Waals surface area contributed by atoms with E-state index in [0.717, 1.165) is 78.7 Å². The van der Waals surface area contributed by atoms with E-state index in [1.165, 1.54) is 22.3 Å².